The van der Waals surface area contributed by atoms with Crippen molar-refractivity contribution in [2.24, 2.45) is 0 Å². The topological polar surface area (TPSA) is 41.1 Å². The Labute approximate surface area is 150 Å². The molecule has 4 heteroatoms. The van der Waals surface area contributed by atoms with Gasteiger partial charge in [-0.3, -0.25) is 4.79 Å². The van der Waals surface area contributed by atoms with E-state index in [1.807, 2.05) is 18.2 Å². The molecular weight excluding hydrogens is 320 g/mol. The van der Waals surface area contributed by atoms with Gasteiger partial charge in [-0.25, -0.2) is 0 Å². The van der Waals surface area contributed by atoms with Gasteiger partial charge in [0.25, 0.3) is 0 Å². The molecule has 0 aromatic heterocycles. The van der Waals surface area contributed by atoms with Gasteiger partial charge in [0.05, 0.1) is 6.04 Å². The van der Waals surface area contributed by atoms with Crippen molar-refractivity contribution < 1.29 is 4.79 Å². The molecule has 1 amide bonds. The summed E-state index contributed by atoms with van der Waals surface area (Å²) in [5.74, 6) is 0.0978. The molecule has 128 valence electrons. The number of rotatable bonds is 4. The average Bonchev–Trinajstić information content (AvgIpc) is 2.56. The van der Waals surface area contributed by atoms with Gasteiger partial charge >= 0.3 is 0 Å². The minimum absolute atomic E-state index is 0. The monoisotopic (exact) mass is 344 g/mol. The van der Waals surface area contributed by atoms with Gasteiger partial charge in [0, 0.05) is 12.6 Å². The Hall–Kier alpha value is -1.84. The van der Waals surface area contributed by atoms with Gasteiger partial charge < -0.3 is 10.6 Å². The first kappa shape index (κ1) is 18.5. The first-order chi connectivity index (χ1) is 11.1. The molecule has 2 aromatic carbocycles. The smallest absolute Gasteiger partial charge is 0.237 e. The second-order valence-corrected chi connectivity index (χ2v) is 6.45. The number of halogens is 1. The summed E-state index contributed by atoms with van der Waals surface area (Å²) in [5, 5.41) is 6.50. The maximum absolute atomic E-state index is 12.5. The number of hydrogen-bond donors (Lipinski definition) is 2. The number of hydrogen-bond acceptors (Lipinski definition) is 2. The Bertz CT molecular complexity index is 702. The van der Waals surface area contributed by atoms with Crippen LogP contribution in [0.4, 0.5) is 0 Å². The largest absolute Gasteiger partial charge is 0.352 e. The highest BCUT2D eigenvalue weighted by molar-refractivity contribution is 5.85. The number of benzene rings is 2. The van der Waals surface area contributed by atoms with Gasteiger partial charge in [-0.05, 0) is 48.9 Å². The third-order valence-corrected chi connectivity index (χ3v) is 4.57. The zero-order valence-corrected chi connectivity index (χ0v) is 15.0. The van der Waals surface area contributed by atoms with Crippen molar-refractivity contribution in [3.8, 4) is 0 Å². The minimum atomic E-state index is -0.135. The van der Waals surface area contributed by atoms with E-state index in [1.54, 1.807) is 0 Å². The summed E-state index contributed by atoms with van der Waals surface area (Å²) in [4.78, 5) is 12.5. The van der Waals surface area contributed by atoms with E-state index in [2.05, 4.69) is 54.8 Å². The van der Waals surface area contributed by atoms with E-state index in [0.29, 0.717) is 0 Å². The molecule has 0 fully saturated rings. The average molecular weight is 345 g/mol. The number of carbonyl (C=O) groups is 1. The van der Waals surface area contributed by atoms with Crippen molar-refractivity contribution in [2.45, 2.75) is 45.3 Å². The summed E-state index contributed by atoms with van der Waals surface area (Å²) in [7, 11) is 0. The first-order valence-corrected chi connectivity index (χ1v) is 8.28. The number of nitrogens with one attached hydrogen (secondary N) is 2. The van der Waals surface area contributed by atoms with E-state index in [1.165, 1.54) is 22.3 Å². The number of fused-ring (bicyclic) bond motifs is 1. The van der Waals surface area contributed by atoms with Crippen LogP contribution in [0.2, 0.25) is 0 Å². The van der Waals surface area contributed by atoms with Crippen LogP contribution in [0, 0.1) is 6.92 Å². The van der Waals surface area contributed by atoms with E-state index < -0.39 is 0 Å². The molecule has 2 atom stereocenters. The van der Waals surface area contributed by atoms with E-state index in [0.717, 1.165) is 19.4 Å². The third-order valence-electron chi connectivity index (χ3n) is 4.57. The molecule has 0 bridgehead atoms. The van der Waals surface area contributed by atoms with E-state index in [-0.39, 0.29) is 30.4 Å². The third kappa shape index (κ3) is 4.37. The second kappa shape index (κ2) is 8.32. The molecule has 24 heavy (non-hydrogen) atoms. The highest BCUT2D eigenvalue weighted by atomic mass is 35.5. The molecule has 0 saturated heterocycles. The predicted octanol–water partition coefficient (Wildman–Crippen LogP) is 3.18. The van der Waals surface area contributed by atoms with Crippen LogP contribution in [0.5, 0.6) is 0 Å². The Morgan fingerprint density at radius 2 is 1.83 bits per heavy atom. The van der Waals surface area contributed by atoms with Crippen LogP contribution in [0.25, 0.3) is 0 Å². The van der Waals surface area contributed by atoms with Gasteiger partial charge in [0.15, 0.2) is 0 Å². The zero-order valence-electron chi connectivity index (χ0n) is 14.2. The van der Waals surface area contributed by atoms with Crippen molar-refractivity contribution >= 4 is 18.3 Å². The minimum Gasteiger partial charge on any atom is -0.352 e. The van der Waals surface area contributed by atoms with E-state index in [4.69, 9.17) is 0 Å². The Morgan fingerprint density at radius 1 is 1.17 bits per heavy atom. The summed E-state index contributed by atoms with van der Waals surface area (Å²) < 4.78 is 0. The van der Waals surface area contributed by atoms with Crippen molar-refractivity contribution in [3.05, 3.63) is 70.8 Å². The van der Waals surface area contributed by atoms with Crippen molar-refractivity contribution in [1.82, 2.24) is 10.6 Å². The lowest BCUT2D eigenvalue weighted by atomic mass is 9.95. The molecule has 1 aliphatic heterocycles. The van der Waals surface area contributed by atoms with Crippen LogP contribution in [-0.2, 0) is 24.2 Å². The molecule has 3 nitrogen and oxygen atoms in total. The Balaban J connectivity index is 0.00000208. The van der Waals surface area contributed by atoms with Crippen molar-refractivity contribution in [1.29, 1.82) is 0 Å². The molecule has 1 heterocycles. The highest BCUT2D eigenvalue weighted by Gasteiger charge is 2.24. The predicted molar refractivity (Wildman–Crippen MR) is 101 cm³/mol. The van der Waals surface area contributed by atoms with Crippen molar-refractivity contribution in [3.63, 3.8) is 0 Å². The maximum atomic E-state index is 12.5. The summed E-state index contributed by atoms with van der Waals surface area (Å²) >= 11 is 0. The summed E-state index contributed by atoms with van der Waals surface area (Å²) in [6.45, 7) is 4.95. The molecule has 2 unspecified atom stereocenters. The van der Waals surface area contributed by atoms with Crippen molar-refractivity contribution in [2.75, 3.05) is 0 Å². The quantitative estimate of drug-likeness (QED) is 0.894. The molecule has 2 N–H and O–H groups in total. The fraction of sp³-hybridized carbons (Fsp3) is 0.350. The van der Waals surface area contributed by atoms with Gasteiger partial charge in [0.2, 0.25) is 5.91 Å². The molecule has 2 aromatic rings. The van der Waals surface area contributed by atoms with E-state index >= 15 is 0 Å². The summed E-state index contributed by atoms with van der Waals surface area (Å²) in [6.07, 6.45) is 1.63. The lowest BCUT2D eigenvalue weighted by Crippen LogP contribution is -2.50. The van der Waals surface area contributed by atoms with Crippen LogP contribution in [0.3, 0.4) is 0 Å². The highest BCUT2D eigenvalue weighted by Crippen LogP contribution is 2.16. The lowest BCUT2D eigenvalue weighted by Gasteiger charge is -2.27. The standard InChI is InChI=1S/C20H24N2O.ClH/c1-14-7-3-4-8-16(14)11-15(2)22-20(23)19-12-17-9-5-6-10-18(17)13-21-19;/h3-10,15,19,21H,11-13H2,1-2H3,(H,22,23);1H. The van der Waals surface area contributed by atoms with Crippen LogP contribution in [0.1, 0.15) is 29.2 Å². The van der Waals surface area contributed by atoms with Crippen LogP contribution in [0.15, 0.2) is 48.5 Å². The first-order valence-electron chi connectivity index (χ1n) is 8.28. The van der Waals surface area contributed by atoms with Gasteiger partial charge in [0.1, 0.15) is 0 Å². The molecule has 0 aliphatic carbocycles. The second-order valence-electron chi connectivity index (χ2n) is 6.45. The molecular formula is C20H25ClN2O. The van der Waals surface area contributed by atoms with Gasteiger partial charge in [-0.1, -0.05) is 48.5 Å². The molecule has 0 saturated carbocycles. The molecule has 0 spiro atoms. The fourth-order valence-electron chi connectivity index (χ4n) is 3.20. The number of amides is 1. The molecule has 3 rings (SSSR count). The number of carbonyl (C=O) groups excluding carboxylic acids is 1. The zero-order chi connectivity index (χ0) is 16.2. The van der Waals surface area contributed by atoms with Gasteiger partial charge in [-0.15, -0.1) is 12.4 Å². The fourth-order valence-corrected chi connectivity index (χ4v) is 3.20. The van der Waals surface area contributed by atoms with E-state index in [9.17, 15) is 4.79 Å². The normalized spacial score (nSPS) is 17.3. The Morgan fingerprint density at radius 3 is 2.58 bits per heavy atom. The SMILES string of the molecule is Cc1ccccc1CC(C)NC(=O)C1Cc2ccccc2CN1.Cl. The van der Waals surface area contributed by atoms with Gasteiger partial charge in [-0.2, -0.15) is 0 Å². The van der Waals surface area contributed by atoms with Crippen LogP contribution in [-0.4, -0.2) is 18.0 Å². The summed E-state index contributed by atoms with van der Waals surface area (Å²) in [5.41, 5.74) is 5.14. The maximum Gasteiger partial charge on any atom is 0.237 e. The summed E-state index contributed by atoms with van der Waals surface area (Å²) in [6, 6.07) is 16.7. The van der Waals surface area contributed by atoms with Crippen LogP contribution >= 0.6 is 12.4 Å². The lowest BCUT2D eigenvalue weighted by molar-refractivity contribution is -0.123. The Kier molecular flexibility index (Phi) is 6.41. The number of aryl methyl sites for hydroxylation is 1. The molecule has 0 radical (unpaired) electrons. The van der Waals surface area contributed by atoms with Crippen LogP contribution < -0.4 is 10.6 Å². The molecule has 1 aliphatic rings.